The number of benzene rings is 3. The molecule has 1 spiro atoms. The lowest BCUT2D eigenvalue weighted by Crippen LogP contribution is -2.54. The van der Waals surface area contributed by atoms with Gasteiger partial charge in [-0.25, -0.2) is 26.5 Å². The largest absolute Gasteiger partial charge is 0.489 e. The smallest absolute Gasteiger partial charge is 0.297 e. The summed E-state index contributed by atoms with van der Waals surface area (Å²) in [6.45, 7) is 9.00. The van der Waals surface area contributed by atoms with Gasteiger partial charge in [-0.2, -0.15) is 0 Å². The Kier molecular flexibility index (Phi) is 12.4. The molecule has 2 atom stereocenters. The van der Waals surface area contributed by atoms with Crippen LogP contribution in [0.4, 0.5) is 17.1 Å². The topological polar surface area (TPSA) is 226 Å². The first-order chi connectivity index (χ1) is 33.3. The number of rotatable bonds is 12. The molecule has 0 bridgehead atoms. The number of H-pyrrole nitrogens is 1. The Labute approximate surface area is 408 Å². The minimum atomic E-state index is -4.78. The second-order valence-electron chi connectivity index (χ2n) is 20.9. The number of sulfone groups is 1. The van der Waals surface area contributed by atoms with Crippen LogP contribution in [0.1, 0.15) is 118 Å². The van der Waals surface area contributed by atoms with Gasteiger partial charge in [0, 0.05) is 66.9 Å². The number of likely N-dealkylation sites (tertiary alicyclic amines) is 1. The maximum Gasteiger partial charge on any atom is 0.297 e. The van der Waals surface area contributed by atoms with Crippen molar-refractivity contribution in [3.8, 4) is 17.2 Å². The molecule has 5 aliphatic rings. The highest BCUT2D eigenvalue weighted by Crippen LogP contribution is 2.54. The maximum atomic E-state index is 14.3. The van der Waals surface area contributed by atoms with E-state index in [4.69, 9.17) is 9.47 Å². The van der Waals surface area contributed by atoms with Crippen LogP contribution >= 0.6 is 0 Å². The number of nitrogens with one attached hydrogen (secondary N) is 3. The van der Waals surface area contributed by atoms with Crippen LogP contribution in [0.3, 0.4) is 0 Å². The summed E-state index contributed by atoms with van der Waals surface area (Å²) in [5.41, 5.74) is 2.61. The summed E-state index contributed by atoms with van der Waals surface area (Å²) in [4.78, 5) is 37.6. The number of aromatic amines is 1. The third-order valence-corrected chi connectivity index (χ3v) is 18.0. The van der Waals surface area contributed by atoms with E-state index in [9.17, 15) is 36.9 Å². The van der Waals surface area contributed by atoms with Gasteiger partial charge in [0.05, 0.1) is 27.0 Å². The number of ether oxygens (including phenoxy) is 2. The van der Waals surface area contributed by atoms with Crippen molar-refractivity contribution in [1.82, 2.24) is 19.6 Å². The van der Waals surface area contributed by atoms with E-state index in [0.29, 0.717) is 60.4 Å². The summed E-state index contributed by atoms with van der Waals surface area (Å²) < 4.78 is 68.8. The van der Waals surface area contributed by atoms with Gasteiger partial charge in [-0.3, -0.25) is 19.8 Å². The molecule has 70 heavy (non-hydrogen) atoms. The molecule has 2 aliphatic carbocycles. The molecule has 19 heteroatoms. The highest BCUT2D eigenvalue weighted by Gasteiger charge is 2.50. The highest BCUT2D eigenvalue weighted by molar-refractivity contribution is 7.90. The first-order valence-corrected chi connectivity index (χ1v) is 27.7. The number of nitro benzene ring substituents is 1. The second-order valence-corrected chi connectivity index (χ2v) is 24.5. The molecule has 3 aliphatic heterocycles. The monoisotopic (exact) mass is 995 g/mol. The van der Waals surface area contributed by atoms with Crippen LogP contribution in [0.5, 0.6) is 17.2 Å². The molecule has 4 N–H and O–H groups in total. The molecule has 0 radical (unpaired) electrons. The second kappa shape index (κ2) is 18.1. The van der Waals surface area contributed by atoms with Crippen LogP contribution < -0.4 is 24.4 Å². The molecule has 2 aromatic heterocycles. The van der Waals surface area contributed by atoms with Gasteiger partial charge in [-0.05, 0) is 130 Å². The average molecular weight is 996 g/mol. The number of nitrogens with zero attached hydrogens (tertiary/aromatic N) is 4. The Bertz CT molecular complexity index is 3080. The average Bonchev–Trinajstić information content (AvgIpc) is 3.99. The molecule has 372 valence electrons. The third kappa shape index (κ3) is 9.32. The number of piperidine rings is 1. The Morgan fingerprint density at radius 1 is 0.971 bits per heavy atom. The number of pyridine rings is 1. The maximum absolute atomic E-state index is 14.3. The Morgan fingerprint density at radius 2 is 1.71 bits per heavy atom. The molecule has 5 heterocycles. The van der Waals surface area contributed by atoms with E-state index in [1.165, 1.54) is 36.1 Å². The zero-order valence-electron chi connectivity index (χ0n) is 39.9. The molecule has 0 unspecified atom stereocenters. The molecule has 17 nitrogen and oxygen atoms in total. The number of aromatic nitrogens is 2. The summed E-state index contributed by atoms with van der Waals surface area (Å²) in [7, 11) is -8.76. The highest BCUT2D eigenvalue weighted by atomic mass is 32.2. The number of nitro groups is 1. The summed E-state index contributed by atoms with van der Waals surface area (Å²) >= 11 is 0. The van der Waals surface area contributed by atoms with Crippen LogP contribution in [0.25, 0.3) is 11.0 Å². The van der Waals surface area contributed by atoms with Crippen molar-refractivity contribution in [2.45, 2.75) is 125 Å². The van der Waals surface area contributed by atoms with Gasteiger partial charge in [0.1, 0.15) is 18.0 Å². The van der Waals surface area contributed by atoms with Crippen LogP contribution in [-0.4, -0.2) is 97.8 Å². The number of sulfonamides is 1. The number of amides is 1. The number of hydrogen-bond donors (Lipinski definition) is 4. The fraction of sp³-hybridized carbons (Fsp3) is 0.490. The fourth-order valence-electron chi connectivity index (χ4n) is 11.8. The van der Waals surface area contributed by atoms with Crippen molar-refractivity contribution >= 4 is 53.9 Å². The lowest BCUT2D eigenvalue weighted by atomic mass is 9.59. The molecule has 1 amide bonds. The first-order valence-electron chi connectivity index (χ1n) is 24.4. The molecule has 2 saturated heterocycles. The minimum absolute atomic E-state index is 0.0362. The van der Waals surface area contributed by atoms with E-state index in [-0.39, 0.29) is 57.5 Å². The van der Waals surface area contributed by atoms with Crippen LogP contribution in [-0.2, 0) is 19.9 Å². The van der Waals surface area contributed by atoms with E-state index < -0.39 is 46.9 Å². The normalized spacial score (nSPS) is 23.9. The number of anilines is 2. The lowest BCUT2D eigenvalue weighted by Gasteiger charge is -2.56. The van der Waals surface area contributed by atoms with Crippen molar-refractivity contribution in [1.29, 1.82) is 0 Å². The predicted octanol–water partition coefficient (Wildman–Crippen LogP) is 8.61. The number of carbonyl (C=O) groups excluding carboxylic acids is 1. The van der Waals surface area contributed by atoms with Gasteiger partial charge >= 0.3 is 0 Å². The third-order valence-electron chi connectivity index (χ3n) is 15.7. The van der Waals surface area contributed by atoms with Gasteiger partial charge in [-0.1, -0.05) is 38.1 Å². The lowest BCUT2D eigenvalue weighted by molar-refractivity contribution is -0.384. The Morgan fingerprint density at radius 3 is 2.43 bits per heavy atom. The summed E-state index contributed by atoms with van der Waals surface area (Å²) in [5, 5.41) is 26.3. The van der Waals surface area contributed by atoms with E-state index in [0.717, 1.165) is 63.7 Å². The van der Waals surface area contributed by atoms with Crippen LogP contribution in [0, 0.1) is 21.4 Å². The summed E-state index contributed by atoms with van der Waals surface area (Å²) in [5.74, 6) is -0.909. The van der Waals surface area contributed by atoms with Gasteiger partial charge in [0.25, 0.3) is 21.6 Å². The summed E-state index contributed by atoms with van der Waals surface area (Å²) in [6.07, 6.45) is 11.7. The van der Waals surface area contributed by atoms with Gasteiger partial charge in [0.15, 0.2) is 32.0 Å². The van der Waals surface area contributed by atoms with Crippen molar-refractivity contribution in [2.24, 2.45) is 11.3 Å². The summed E-state index contributed by atoms with van der Waals surface area (Å²) in [6, 6.07) is 19.5. The van der Waals surface area contributed by atoms with E-state index in [2.05, 4.69) is 67.9 Å². The van der Waals surface area contributed by atoms with Gasteiger partial charge in [0.2, 0.25) is 0 Å². The van der Waals surface area contributed by atoms with E-state index in [1.54, 1.807) is 31.3 Å². The fourth-order valence-corrected chi connectivity index (χ4v) is 13.5. The van der Waals surface area contributed by atoms with Crippen molar-refractivity contribution in [3.05, 3.63) is 99.7 Å². The quantitative estimate of drug-likeness (QED) is 0.0678. The molecule has 2 saturated carbocycles. The zero-order chi connectivity index (χ0) is 49.3. The van der Waals surface area contributed by atoms with Crippen molar-refractivity contribution < 1.29 is 41.1 Å². The Hall–Kier alpha value is -5.76. The molecule has 10 rings (SSSR count). The van der Waals surface area contributed by atoms with Gasteiger partial charge in [-0.15, -0.1) is 0 Å². The molecule has 4 fully saturated rings. The SMILES string of the molecule is CC(C)c1ccccc1[C@@H]1CCCN1C1CC2(CCN(c3ccc(C(=O)NS(=O)(=O)c4cc5c(c([N+](=O)[O-])c4)N[C@@H](C4CCC(C)(O)CC4)CO5)c(Oc4cc5cc[nH]c5nc4S(C)(=O)=O)c3)CC2)C1. The number of hydrogen-bond acceptors (Lipinski definition) is 14. The first kappa shape index (κ1) is 47.9. The standard InChI is InChI=1S/C51H61N7O10S2/c1-31(2)37-8-5-6-9-38(37)41-10-7-21-57(41)35-28-51(29-35)18-22-56(23-19-51)34-11-12-39(43(25-34)68-45-24-33-15-20-52-47(33)54-49(45)69(4,63)64)48(59)55-70(65,66)36-26-42(58(61)62)46-44(27-36)67-30-40(53-46)32-13-16-50(3,60)17-14-32/h5-6,8-9,11-12,15,20,24-27,31-32,35,40-41,53,60H,7,10,13-14,16-19,21-23,28-30H2,1-4H3,(H,52,54)(H,55,59)/t32?,40-,41+,50?/m1/s1. The van der Waals surface area contributed by atoms with Crippen molar-refractivity contribution in [2.75, 3.05) is 42.7 Å². The van der Waals surface area contributed by atoms with E-state index in [1.807, 2.05) is 0 Å². The number of fused-ring (bicyclic) bond motifs is 2. The minimum Gasteiger partial charge on any atom is -0.489 e. The molecular formula is C51H61N7O10S2. The zero-order valence-corrected chi connectivity index (χ0v) is 41.6. The van der Waals surface area contributed by atoms with Gasteiger partial charge < -0.3 is 29.8 Å². The van der Waals surface area contributed by atoms with Crippen LogP contribution in [0.15, 0.2) is 82.8 Å². The number of carbonyl (C=O) groups is 1. The molecule has 3 aromatic carbocycles. The molecular weight excluding hydrogens is 935 g/mol. The number of aliphatic hydroxyl groups is 1. The van der Waals surface area contributed by atoms with Crippen LogP contribution in [0.2, 0.25) is 0 Å². The predicted molar refractivity (Wildman–Crippen MR) is 265 cm³/mol. The molecule has 5 aromatic rings. The Balaban J connectivity index is 0.895. The van der Waals surface area contributed by atoms with E-state index >= 15 is 0 Å². The van der Waals surface area contributed by atoms with Crippen molar-refractivity contribution in [3.63, 3.8) is 0 Å².